The van der Waals surface area contributed by atoms with E-state index in [0.29, 0.717) is 45.1 Å². The first-order valence-corrected chi connectivity index (χ1v) is 7.12. The molecule has 3 unspecified atom stereocenters. The van der Waals surface area contributed by atoms with E-state index >= 15 is 0 Å². The van der Waals surface area contributed by atoms with Gasteiger partial charge in [-0.2, -0.15) is 0 Å². The average Bonchev–Trinajstić information content (AvgIpc) is 2.37. The van der Waals surface area contributed by atoms with Gasteiger partial charge in [0.25, 0.3) is 0 Å². The van der Waals surface area contributed by atoms with Crippen LogP contribution in [0.15, 0.2) is 0 Å². The van der Waals surface area contributed by atoms with Gasteiger partial charge in [0.15, 0.2) is 0 Å². The lowest BCUT2D eigenvalue weighted by Gasteiger charge is -2.51. The van der Waals surface area contributed by atoms with Crippen LogP contribution >= 0.6 is 0 Å². The Morgan fingerprint density at radius 3 is 2.58 bits per heavy atom. The molecule has 0 amide bonds. The van der Waals surface area contributed by atoms with E-state index in [1.54, 1.807) is 7.11 Å². The minimum atomic E-state index is -0.473. The molecule has 0 radical (unpaired) electrons. The molecule has 0 aromatic heterocycles. The number of hydrogen-bond acceptors (Lipinski definition) is 5. The van der Waals surface area contributed by atoms with Crippen LogP contribution in [0.4, 0.5) is 0 Å². The maximum absolute atomic E-state index is 9.81. The smallest absolute Gasteiger partial charge is 0.0897 e. The summed E-state index contributed by atoms with van der Waals surface area (Å²) in [5.41, 5.74) is 0.129. The Morgan fingerprint density at radius 1 is 1.32 bits per heavy atom. The molecule has 1 rings (SSSR count). The molecule has 0 spiro atoms. The van der Waals surface area contributed by atoms with E-state index in [2.05, 4.69) is 19.2 Å². The van der Waals surface area contributed by atoms with E-state index in [0.717, 1.165) is 6.42 Å². The van der Waals surface area contributed by atoms with Crippen molar-refractivity contribution in [3.63, 3.8) is 0 Å². The van der Waals surface area contributed by atoms with Crippen LogP contribution in [0.2, 0.25) is 0 Å². The summed E-state index contributed by atoms with van der Waals surface area (Å²) in [6.45, 7) is 9.05. The van der Waals surface area contributed by atoms with Crippen molar-refractivity contribution in [1.29, 1.82) is 0 Å². The Hall–Kier alpha value is -0.200. The zero-order chi connectivity index (χ0) is 14.3. The summed E-state index contributed by atoms with van der Waals surface area (Å²) in [5.74, 6) is 0. The molecule has 1 fully saturated rings. The molecule has 5 heteroatoms. The maximum atomic E-state index is 9.81. The summed E-state index contributed by atoms with van der Waals surface area (Å²) >= 11 is 0. The van der Waals surface area contributed by atoms with Crippen LogP contribution in [0, 0.1) is 5.41 Å². The molecule has 0 saturated heterocycles. The van der Waals surface area contributed by atoms with Crippen LogP contribution in [0.25, 0.3) is 0 Å². The van der Waals surface area contributed by atoms with Crippen molar-refractivity contribution in [2.75, 3.05) is 40.1 Å². The van der Waals surface area contributed by atoms with Crippen molar-refractivity contribution in [1.82, 2.24) is 5.32 Å². The molecule has 5 nitrogen and oxygen atoms in total. The highest BCUT2D eigenvalue weighted by atomic mass is 16.5. The molecule has 0 aromatic carbocycles. The Morgan fingerprint density at radius 2 is 2.00 bits per heavy atom. The highest BCUT2D eigenvalue weighted by Gasteiger charge is 2.48. The van der Waals surface area contributed by atoms with E-state index in [1.807, 2.05) is 6.92 Å². The van der Waals surface area contributed by atoms with Crippen molar-refractivity contribution < 1.29 is 19.3 Å². The van der Waals surface area contributed by atoms with E-state index in [1.165, 1.54) is 0 Å². The van der Waals surface area contributed by atoms with Gasteiger partial charge in [-0.3, -0.25) is 0 Å². The van der Waals surface area contributed by atoms with Gasteiger partial charge in [-0.25, -0.2) is 0 Å². The number of nitrogens with one attached hydrogen (secondary N) is 1. The first kappa shape index (κ1) is 16.9. The van der Waals surface area contributed by atoms with Crippen LogP contribution in [-0.2, 0) is 14.2 Å². The van der Waals surface area contributed by atoms with Crippen LogP contribution < -0.4 is 5.32 Å². The van der Waals surface area contributed by atoms with Crippen LogP contribution in [0.1, 0.15) is 27.2 Å². The van der Waals surface area contributed by atoms with Gasteiger partial charge in [-0.05, 0) is 13.3 Å². The predicted octanol–water partition coefficient (Wildman–Crippen LogP) is 0.804. The zero-order valence-electron chi connectivity index (χ0n) is 12.6. The third-order valence-electron chi connectivity index (χ3n) is 3.95. The van der Waals surface area contributed by atoms with Crippen molar-refractivity contribution in [2.24, 2.45) is 5.41 Å². The van der Waals surface area contributed by atoms with Crippen molar-refractivity contribution in [2.45, 2.75) is 45.4 Å². The average molecular weight is 275 g/mol. The second kappa shape index (κ2) is 8.17. The first-order chi connectivity index (χ1) is 9.02. The summed E-state index contributed by atoms with van der Waals surface area (Å²) in [6.07, 6.45) is 0.838. The molecule has 0 aliphatic heterocycles. The molecule has 114 valence electrons. The van der Waals surface area contributed by atoms with Crippen LogP contribution in [0.5, 0.6) is 0 Å². The maximum Gasteiger partial charge on any atom is 0.0897 e. The molecule has 0 heterocycles. The number of aliphatic hydroxyl groups is 1. The number of aliphatic hydroxyl groups excluding tert-OH is 1. The minimum Gasteiger partial charge on any atom is -0.389 e. The van der Waals surface area contributed by atoms with Gasteiger partial charge in [0.2, 0.25) is 0 Å². The summed E-state index contributed by atoms with van der Waals surface area (Å²) < 4.78 is 15.9. The van der Waals surface area contributed by atoms with Crippen LogP contribution in [-0.4, -0.2) is 63.4 Å². The molecule has 1 aliphatic rings. The quantitative estimate of drug-likeness (QED) is 0.578. The van der Waals surface area contributed by atoms with Gasteiger partial charge in [0, 0.05) is 31.7 Å². The standard InChI is InChI=1S/C14H29NO4/c1-5-18-6-7-19-10-11(16)9-15-12-8-13(17-4)14(12,2)3/h11-13,15-16H,5-10H2,1-4H3. The molecule has 19 heavy (non-hydrogen) atoms. The van der Waals surface area contributed by atoms with Gasteiger partial charge >= 0.3 is 0 Å². The fraction of sp³-hybridized carbons (Fsp3) is 1.00. The predicted molar refractivity (Wildman–Crippen MR) is 74.3 cm³/mol. The first-order valence-electron chi connectivity index (χ1n) is 7.12. The minimum absolute atomic E-state index is 0.129. The van der Waals surface area contributed by atoms with Gasteiger partial charge in [-0.15, -0.1) is 0 Å². The Kier molecular flexibility index (Phi) is 7.25. The van der Waals surface area contributed by atoms with E-state index in [9.17, 15) is 5.11 Å². The van der Waals surface area contributed by atoms with E-state index in [4.69, 9.17) is 14.2 Å². The third-order valence-corrected chi connectivity index (χ3v) is 3.95. The van der Waals surface area contributed by atoms with Crippen molar-refractivity contribution >= 4 is 0 Å². The normalized spacial score (nSPS) is 27.0. The van der Waals surface area contributed by atoms with Crippen molar-refractivity contribution in [3.05, 3.63) is 0 Å². The summed E-state index contributed by atoms with van der Waals surface area (Å²) in [5, 5.41) is 13.2. The third kappa shape index (κ3) is 5.00. The van der Waals surface area contributed by atoms with Gasteiger partial charge in [-0.1, -0.05) is 13.8 Å². The molecular formula is C14H29NO4. The topological polar surface area (TPSA) is 60.0 Å². The van der Waals surface area contributed by atoms with Gasteiger partial charge in [0.05, 0.1) is 32.0 Å². The summed E-state index contributed by atoms with van der Waals surface area (Å²) in [7, 11) is 1.75. The van der Waals surface area contributed by atoms with Gasteiger partial charge in [0.1, 0.15) is 0 Å². The lowest BCUT2D eigenvalue weighted by molar-refractivity contribution is -0.100. The summed E-state index contributed by atoms with van der Waals surface area (Å²) in [6, 6.07) is 0.399. The molecule has 2 N–H and O–H groups in total. The number of methoxy groups -OCH3 is 1. The monoisotopic (exact) mass is 275 g/mol. The Balaban J connectivity index is 2.06. The second-order valence-electron chi connectivity index (χ2n) is 5.67. The number of rotatable bonds is 10. The molecule has 1 aliphatic carbocycles. The molecule has 0 bridgehead atoms. The van der Waals surface area contributed by atoms with Crippen molar-refractivity contribution in [3.8, 4) is 0 Å². The molecular weight excluding hydrogens is 246 g/mol. The van der Waals surface area contributed by atoms with E-state index < -0.39 is 6.10 Å². The number of ether oxygens (including phenoxy) is 3. The fourth-order valence-electron chi connectivity index (χ4n) is 2.45. The zero-order valence-corrected chi connectivity index (χ0v) is 12.6. The second-order valence-corrected chi connectivity index (χ2v) is 5.67. The highest BCUT2D eigenvalue weighted by Crippen LogP contribution is 2.42. The SMILES string of the molecule is CCOCCOCC(O)CNC1CC(OC)C1(C)C. The molecule has 3 atom stereocenters. The van der Waals surface area contributed by atoms with Gasteiger partial charge < -0.3 is 24.6 Å². The fourth-order valence-corrected chi connectivity index (χ4v) is 2.45. The summed E-state index contributed by atoms with van der Waals surface area (Å²) in [4.78, 5) is 0. The lowest BCUT2D eigenvalue weighted by atomic mass is 9.64. The molecule has 1 saturated carbocycles. The Bertz CT molecular complexity index is 248. The largest absolute Gasteiger partial charge is 0.389 e. The van der Waals surface area contributed by atoms with Crippen LogP contribution in [0.3, 0.4) is 0 Å². The highest BCUT2D eigenvalue weighted by molar-refractivity contribution is 5.02. The Labute approximate surface area is 116 Å². The van der Waals surface area contributed by atoms with E-state index in [-0.39, 0.29) is 5.41 Å². The lowest BCUT2D eigenvalue weighted by Crippen LogP contribution is -2.61. The number of hydrogen-bond donors (Lipinski definition) is 2. The molecule has 0 aromatic rings.